The van der Waals surface area contributed by atoms with E-state index in [4.69, 9.17) is 0 Å². The Kier molecular flexibility index (Phi) is 4.07. The van der Waals surface area contributed by atoms with E-state index in [1.807, 2.05) is 26.8 Å². The first-order chi connectivity index (χ1) is 9.79. The molecule has 0 spiro atoms. The number of carbonyl (C=O) groups is 1. The average molecular weight is 286 g/mol. The van der Waals surface area contributed by atoms with Gasteiger partial charge in [0, 0.05) is 24.3 Å². The van der Waals surface area contributed by atoms with Gasteiger partial charge in [0.1, 0.15) is 11.5 Å². The summed E-state index contributed by atoms with van der Waals surface area (Å²) in [6.45, 7) is 5.89. The highest BCUT2D eigenvalue weighted by Gasteiger charge is 2.24. The lowest BCUT2D eigenvalue weighted by Crippen LogP contribution is -2.42. The van der Waals surface area contributed by atoms with Crippen molar-refractivity contribution >= 4 is 5.91 Å². The summed E-state index contributed by atoms with van der Waals surface area (Å²) in [6.07, 6.45) is 1.60. The van der Waals surface area contributed by atoms with Crippen molar-refractivity contribution in [2.45, 2.75) is 26.3 Å². The second-order valence-electron chi connectivity index (χ2n) is 5.98. The van der Waals surface area contributed by atoms with Crippen LogP contribution in [0.15, 0.2) is 42.6 Å². The highest BCUT2D eigenvalue weighted by atomic mass is 19.1. The zero-order valence-corrected chi connectivity index (χ0v) is 12.7. The number of pyridine rings is 1. The van der Waals surface area contributed by atoms with Crippen molar-refractivity contribution in [1.82, 2.24) is 9.88 Å². The van der Waals surface area contributed by atoms with E-state index in [0.29, 0.717) is 5.69 Å². The Hall–Kier alpha value is -2.23. The SMILES string of the molecule is CN(C(=O)c1ccc(-c2cccc(F)c2)cn1)C(C)(C)C. The van der Waals surface area contributed by atoms with E-state index in [-0.39, 0.29) is 17.3 Å². The van der Waals surface area contributed by atoms with Crippen LogP contribution in [-0.4, -0.2) is 28.4 Å². The number of benzene rings is 1. The Morgan fingerprint density at radius 2 is 1.86 bits per heavy atom. The number of hydrogen-bond acceptors (Lipinski definition) is 2. The minimum Gasteiger partial charge on any atom is -0.336 e. The van der Waals surface area contributed by atoms with Crippen LogP contribution in [0, 0.1) is 5.82 Å². The Balaban J connectivity index is 2.25. The zero-order chi connectivity index (χ0) is 15.6. The average Bonchev–Trinajstić information content (AvgIpc) is 2.45. The van der Waals surface area contributed by atoms with Crippen molar-refractivity contribution in [3.63, 3.8) is 0 Å². The molecule has 0 saturated carbocycles. The summed E-state index contributed by atoms with van der Waals surface area (Å²) in [7, 11) is 1.75. The van der Waals surface area contributed by atoms with Gasteiger partial charge in [0.15, 0.2) is 0 Å². The van der Waals surface area contributed by atoms with Crippen LogP contribution in [0.3, 0.4) is 0 Å². The Morgan fingerprint density at radius 1 is 1.14 bits per heavy atom. The van der Waals surface area contributed by atoms with Gasteiger partial charge in [-0.05, 0) is 44.5 Å². The predicted octanol–water partition coefficient (Wildman–Crippen LogP) is 3.76. The number of hydrogen-bond donors (Lipinski definition) is 0. The van der Waals surface area contributed by atoms with Gasteiger partial charge < -0.3 is 4.90 Å². The van der Waals surface area contributed by atoms with E-state index in [2.05, 4.69) is 4.98 Å². The molecule has 1 amide bonds. The first kappa shape index (κ1) is 15.2. The number of amides is 1. The van der Waals surface area contributed by atoms with E-state index in [9.17, 15) is 9.18 Å². The normalized spacial score (nSPS) is 11.3. The van der Waals surface area contributed by atoms with E-state index >= 15 is 0 Å². The smallest absolute Gasteiger partial charge is 0.272 e. The Labute approximate surface area is 124 Å². The maximum atomic E-state index is 13.2. The van der Waals surface area contributed by atoms with Gasteiger partial charge in [-0.15, -0.1) is 0 Å². The van der Waals surface area contributed by atoms with Gasteiger partial charge in [-0.3, -0.25) is 9.78 Å². The lowest BCUT2D eigenvalue weighted by atomic mass is 10.1. The molecule has 2 aromatic rings. The van der Waals surface area contributed by atoms with E-state index < -0.39 is 0 Å². The lowest BCUT2D eigenvalue weighted by Gasteiger charge is -2.31. The summed E-state index contributed by atoms with van der Waals surface area (Å²) in [4.78, 5) is 18.2. The summed E-state index contributed by atoms with van der Waals surface area (Å²) < 4.78 is 13.2. The fourth-order valence-corrected chi connectivity index (χ4v) is 1.84. The molecule has 0 atom stereocenters. The third-order valence-electron chi connectivity index (χ3n) is 3.45. The molecular weight excluding hydrogens is 267 g/mol. The standard InChI is InChI=1S/C17H19FN2O/c1-17(2,3)20(4)16(21)15-9-8-13(11-19-15)12-6-5-7-14(18)10-12/h5-11H,1-4H3. The van der Waals surface area contributed by atoms with Crippen molar-refractivity contribution in [2.24, 2.45) is 0 Å². The number of carbonyl (C=O) groups excluding carboxylic acids is 1. The van der Waals surface area contributed by atoms with Crippen LogP contribution >= 0.6 is 0 Å². The summed E-state index contributed by atoms with van der Waals surface area (Å²) in [5.41, 5.74) is 1.64. The van der Waals surface area contributed by atoms with Crippen LogP contribution in [0.25, 0.3) is 11.1 Å². The van der Waals surface area contributed by atoms with Gasteiger partial charge in [-0.25, -0.2) is 4.39 Å². The molecule has 1 aromatic carbocycles. The molecular formula is C17H19FN2O. The van der Waals surface area contributed by atoms with Gasteiger partial charge in [-0.1, -0.05) is 18.2 Å². The molecule has 0 unspecified atom stereocenters. The van der Waals surface area contributed by atoms with Crippen LogP contribution in [0.5, 0.6) is 0 Å². The van der Waals surface area contributed by atoms with Crippen LogP contribution in [0.1, 0.15) is 31.3 Å². The Bertz CT molecular complexity index is 645. The van der Waals surface area contributed by atoms with Crippen molar-refractivity contribution in [2.75, 3.05) is 7.05 Å². The van der Waals surface area contributed by atoms with Crippen molar-refractivity contribution < 1.29 is 9.18 Å². The molecule has 0 bridgehead atoms. The van der Waals surface area contributed by atoms with E-state index in [0.717, 1.165) is 11.1 Å². The molecule has 2 rings (SSSR count). The third-order valence-corrected chi connectivity index (χ3v) is 3.45. The molecule has 0 radical (unpaired) electrons. The van der Waals surface area contributed by atoms with Crippen LogP contribution in [0.4, 0.5) is 4.39 Å². The minimum absolute atomic E-state index is 0.131. The van der Waals surface area contributed by atoms with Crippen molar-refractivity contribution in [1.29, 1.82) is 0 Å². The monoisotopic (exact) mass is 286 g/mol. The topological polar surface area (TPSA) is 33.2 Å². The highest BCUT2D eigenvalue weighted by Crippen LogP contribution is 2.20. The number of rotatable bonds is 2. The molecule has 21 heavy (non-hydrogen) atoms. The largest absolute Gasteiger partial charge is 0.336 e. The van der Waals surface area contributed by atoms with Crippen molar-refractivity contribution in [3.8, 4) is 11.1 Å². The van der Waals surface area contributed by atoms with Gasteiger partial charge in [0.05, 0.1) is 0 Å². The second-order valence-corrected chi connectivity index (χ2v) is 5.98. The van der Waals surface area contributed by atoms with Gasteiger partial charge in [-0.2, -0.15) is 0 Å². The molecule has 0 aliphatic carbocycles. The van der Waals surface area contributed by atoms with Gasteiger partial charge in [0.25, 0.3) is 5.91 Å². The van der Waals surface area contributed by atoms with Crippen LogP contribution < -0.4 is 0 Å². The summed E-state index contributed by atoms with van der Waals surface area (Å²) in [6, 6.07) is 9.75. The maximum Gasteiger partial charge on any atom is 0.272 e. The van der Waals surface area contributed by atoms with Crippen LogP contribution in [0.2, 0.25) is 0 Å². The lowest BCUT2D eigenvalue weighted by molar-refractivity contribution is 0.0649. The fraction of sp³-hybridized carbons (Fsp3) is 0.294. The zero-order valence-electron chi connectivity index (χ0n) is 12.7. The van der Waals surface area contributed by atoms with Gasteiger partial charge >= 0.3 is 0 Å². The molecule has 1 heterocycles. The first-order valence-corrected chi connectivity index (χ1v) is 6.79. The highest BCUT2D eigenvalue weighted by molar-refractivity contribution is 5.92. The van der Waals surface area contributed by atoms with E-state index in [1.165, 1.54) is 12.1 Å². The fourth-order valence-electron chi connectivity index (χ4n) is 1.84. The molecule has 0 N–H and O–H groups in total. The van der Waals surface area contributed by atoms with Crippen molar-refractivity contribution in [3.05, 3.63) is 54.1 Å². The molecule has 0 saturated heterocycles. The molecule has 1 aromatic heterocycles. The maximum absolute atomic E-state index is 13.2. The first-order valence-electron chi connectivity index (χ1n) is 6.79. The molecule has 0 fully saturated rings. The Morgan fingerprint density at radius 3 is 2.38 bits per heavy atom. The van der Waals surface area contributed by atoms with Gasteiger partial charge in [0.2, 0.25) is 0 Å². The summed E-state index contributed by atoms with van der Waals surface area (Å²) >= 11 is 0. The number of nitrogens with zero attached hydrogens (tertiary/aromatic N) is 2. The number of halogens is 1. The quantitative estimate of drug-likeness (QED) is 0.842. The molecule has 0 aliphatic rings. The second kappa shape index (κ2) is 5.64. The number of aromatic nitrogens is 1. The molecule has 4 heteroatoms. The summed E-state index contributed by atoms with van der Waals surface area (Å²) in [5, 5.41) is 0. The summed E-state index contributed by atoms with van der Waals surface area (Å²) in [5.74, 6) is -0.423. The molecule has 0 aliphatic heterocycles. The third kappa shape index (κ3) is 3.45. The predicted molar refractivity (Wildman–Crippen MR) is 81.5 cm³/mol. The minimum atomic E-state index is -0.292. The van der Waals surface area contributed by atoms with E-state index in [1.54, 1.807) is 36.3 Å². The molecule has 110 valence electrons. The van der Waals surface area contributed by atoms with Crippen LogP contribution in [-0.2, 0) is 0 Å². The molecule has 3 nitrogen and oxygen atoms in total.